The highest BCUT2D eigenvalue weighted by molar-refractivity contribution is 5.78. The number of carboxylic acids is 1. The number of carbonyl (C=O) groups is 2. The number of carbonyl (C=O) groups excluding carboxylic acids is 1. The van der Waals surface area contributed by atoms with Gasteiger partial charge in [0.1, 0.15) is 12.5 Å². The Morgan fingerprint density at radius 3 is 2.71 bits per heavy atom. The molecule has 21 heavy (non-hydrogen) atoms. The average Bonchev–Trinajstić information content (AvgIpc) is 2.89. The van der Waals surface area contributed by atoms with Gasteiger partial charge in [0.25, 0.3) is 6.43 Å². The summed E-state index contributed by atoms with van der Waals surface area (Å²) in [5.74, 6) is -2.05. The minimum atomic E-state index is -2.56. The molecule has 0 aliphatic carbocycles. The molecule has 8 heteroatoms. The van der Waals surface area contributed by atoms with E-state index in [0.717, 1.165) is 0 Å². The van der Waals surface area contributed by atoms with Gasteiger partial charge in [-0.2, -0.15) is 0 Å². The SMILES string of the molecule is CCCN(C(=O)CCOCC(F)F)C1COCC1C(=O)O. The summed E-state index contributed by atoms with van der Waals surface area (Å²) in [5, 5.41) is 9.13. The van der Waals surface area contributed by atoms with Crippen LogP contribution in [0.4, 0.5) is 8.78 Å². The van der Waals surface area contributed by atoms with E-state index in [2.05, 4.69) is 4.74 Å². The Hall–Kier alpha value is -1.28. The highest BCUT2D eigenvalue weighted by atomic mass is 19.3. The Bertz CT molecular complexity index is 353. The molecule has 1 amide bonds. The molecule has 2 atom stereocenters. The highest BCUT2D eigenvalue weighted by Gasteiger charge is 2.39. The van der Waals surface area contributed by atoms with Crippen molar-refractivity contribution in [2.24, 2.45) is 5.92 Å². The lowest BCUT2D eigenvalue weighted by Gasteiger charge is -2.30. The number of halogens is 2. The minimum Gasteiger partial charge on any atom is -0.481 e. The summed E-state index contributed by atoms with van der Waals surface area (Å²) in [6.07, 6.45) is -1.94. The lowest BCUT2D eigenvalue weighted by atomic mass is 10.0. The smallest absolute Gasteiger partial charge is 0.311 e. The van der Waals surface area contributed by atoms with Crippen LogP contribution in [0, 0.1) is 5.92 Å². The molecule has 1 fully saturated rings. The molecule has 0 radical (unpaired) electrons. The number of hydrogen-bond donors (Lipinski definition) is 1. The third-order valence-corrected chi connectivity index (χ3v) is 3.26. The van der Waals surface area contributed by atoms with Gasteiger partial charge in [-0.25, -0.2) is 8.78 Å². The first-order valence-electron chi connectivity index (χ1n) is 6.93. The first-order valence-corrected chi connectivity index (χ1v) is 6.93. The van der Waals surface area contributed by atoms with Crippen LogP contribution in [0.2, 0.25) is 0 Å². The Balaban J connectivity index is 2.55. The molecule has 1 saturated heterocycles. The van der Waals surface area contributed by atoms with Crippen molar-refractivity contribution in [3.63, 3.8) is 0 Å². The minimum absolute atomic E-state index is 0.0461. The van der Waals surface area contributed by atoms with Crippen molar-refractivity contribution in [3.05, 3.63) is 0 Å². The summed E-state index contributed by atoms with van der Waals surface area (Å²) >= 11 is 0. The lowest BCUT2D eigenvalue weighted by Crippen LogP contribution is -2.47. The summed E-state index contributed by atoms with van der Waals surface area (Å²) in [6, 6.07) is -0.509. The number of aliphatic carboxylic acids is 1. The molecule has 0 spiro atoms. The van der Waals surface area contributed by atoms with Gasteiger partial charge in [0, 0.05) is 6.54 Å². The second kappa shape index (κ2) is 8.89. The van der Waals surface area contributed by atoms with E-state index in [9.17, 15) is 18.4 Å². The van der Waals surface area contributed by atoms with E-state index in [4.69, 9.17) is 9.84 Å². The predicted molar refractivity (Wildman–Crippen MR) is 69.2 cm³/mol. The first kappa shape index (κ1) is 17.8. The van der Waals surface area contributed by atoms with Crippen molar-refractivity contribution < 1.29 is 33.0 Å². The zero-order chi connectivity index (χ0) is 15.8. The van der Waals surface area contributed by atoms with Crippen molar-refractivity contribution in [1.82, 2.24) is 4.90 Å². The second-order valence-corrected chi connectivity index (χ2v) is 4.85. The molecular weight excluding hydrogens is 288 g/mol. The second-order valence-electron chi connectivity index (χ2n) is 4.85. The standard InChI is InChI=1S/C13H21F2NO5/c1-2-4-16(10-7-21-6-9(10)13(18)19)12(17)3-5-20-8-11(14)15/h9-11H,2-8H2,1H3,(H,18,19). The molecule has 0 saturated carbocycles. The number of amides is 1. The molecular formula is C13H21F2NO5. The van der Waals surface area contributed by atoms with Gasteiger partial charge in [0.15, 0.2) is 0 Å². The summed E-state index contributed by atoms with van der Waals surface area (Å²) in [5.41, 5.74) is 0. The third kappa shape index (κ3) is 5.55. The third-order valence-electron chi connectivity index (χ3n) is 3.26. The van der Waals surface area contributed by atoms with E-state index in [-0.39, 0.29) is 32.1 Å². The van der Waals surface area contributed by atoms with Crippen molar-refractivity contribution in [1.29, 1.82) is 0 Å². The molecule has 1 N–H and O–H groups in total. The Kier molecular flexibility index (Phi) is 7.52. The zero-order valence-electron chi connectivity index (χ0n) is 12.0. The Morgan fingerprint density at radius 2 is 2.14 bits per heavy atom. The van der Waals surface area contributed by atoms with Crippen LogP contribution in [0.15, 0.2) is 0 Å². The van der Waals surface area contributed by atoms with Crippen LogP contribution in [0.25, 0.3) is 0 Å². The maximum Gasteiger partial charge on any atom is 0.311 e. The molecule has 1 rings (SSSR count). The summed E-state index contributed by atoms with van der Waals surface area (Å²) in [4.78, 5) is 24.8. The van der Waals surface area contributed by atoms with Crippen LogP contribution in [0.5, 0.6) is 0 Å². The maximum absolute atomic E-state index is 12.1. The van der Waals surface area contributed by atoms with Gasteiger partial charge in [-0.3, -0.25) is 9.59 Å². The van der Waals surface area contributed by atoms with Gasteiger partial charge in [0.05, 0.1) is 32.3 Å². The Morgan fingerprint density at radius 1 is 1.43 bits per heavy atom. The van der Waals surface area contributed by atoms with Crippen LogP contribution < -0.4 is 0 Å². The van der Waals surface area contributed by atoms with E-state index in [1.807, 2.05) is 6.92 Å². The van der Waals surface area contributed by atoms with Gasteiger partial charge >= 0.3 is 5.97 Å². The fourth-order valence-corrected chi connectivity index (χ4v) is 2.28. The molecule has 122 valence electrons. The van der Waals surface area contributed by atoms with Crippen LogP contribution >= 0.6 is 0 Å². The van der Waals surface area contributed by atoms with Crippen LogP contribution in [-0.4, -0.2) is 67.3 Å². The lowest BCUT2D eigenvalue weighted by molar-refractivity contribution is -0.145. The number of hydrogen-bond acceptors (Lipinski definition) is 4. The number of carboxylic acid groups (broad SMARTS) is 1. The van der Waals surface area contributed by atoms with Gasteiger partial charge in [0.2, 0.25) is 5.91 Å². The highest BCUT2D eigenvalue weighted by Crippen LogP contribution is 2.21. The number of ether oxygens (including phenoxy) is 2. The largest absolute Gasteiger partial charge is 0.481 e. The number of nitrogens with zero attached hydrogens (tertiary/aromatic N) is 1. The fourth-order valence-electron chi connectivity index (χ4n) is 2.28. The molecule has 6 nitrogen and oxygen atoms in total. The normalized spacial score (nSPS) is 21.7. The molecule has 2 unspecified atom stereocenters. The monoisotopic (exact) mass is 309 g/mol. The fraction of sp³-hybridized carbons (Fsp3) is 0.846. The van der Waals surface area contributed by atoms with Crippen LogP contribution in [0.1, 0.15) is 19.8 Å². The molecule has 1 aliphatic rings. The van der Waals surface area contributed by atoms with Gasteiger partial charge in [-0.05, 0) is 6.42 Å². The van der Waals surface area contributed by atoms with Crippen molar-refractivity contribution in [2.75, 3.05) is 33.0 Å². The molecule has 0 aromatic rings. The molecule has 1 aliphatic heterocycles. The van der Waals surface area contributed by atoms with E-state index in [0.29, 0.717) is 13.0 Å². The van der Waals surface area contributed by atoms with E-state index < -0.39 is 31.0 Å². The van der Waals surface area contributed by atoms with Crippen molar-refractivity contribution in [3.8, 4) is 0 Å². The predicted octanol–water partition coefficient (Wildman–Crippen LogP) is 0.996. The maximum atomic E-state index is 12.1. The van der Waals surface area contributed by atoms with Crippen molar-refractivity contribution >= 4 is 11.9 Å². The molecule has 1 heterocycles. The first-order chi connectivity index (χ1) is 9.97. The van der Waals surface area contributed by atoms with Crippen molar-refractivity contribution in [2.45, 2.75) is 32.2 Å². The van der Waals surface area contributed by atoms with E-state index in [1.54, 1.807) is 0 Å². The van der Waals surface area contributed by atoms with Gasteiger partial charge in [-0.1, -0.05) is 6.92 Å². The quantitative estimate of drug-likeness (QED) is 0.643. The van der Waals surface area contributed by atoms with Crippen LogP contribution in [0.3, 0.4) is 0 Å². The van der Waals surface area contributed by atoms with Gasteiger partial charge in [-0.15, -0.1) is 0 Å². The van der Waals surface area contributed by atoms with Crippen LogP contribution in [-0.2, 0) is 19.1 Å². The molecule has 0 aromatic carbocycles. The summed E-state index contributed by atoms with van der Waals surface area (Å²) in [6.45, 7) is 1.74. The topological polar surface area (TPSA) is 76.1 Å². The van der Waals surface area contributed by atoms with E-state index in [1.165, 1.54) is 4.90 Å². The summed E-state index contributed by atoms with van der Waals surface area (Å²) < 4.78 is 33.7. The molecule has 0 aromatic heterocycles. The zero-order valence-corrected chi connectivity index (χ0v) is 12.0. The van der Waals surface area contributed by atoms with E-state index >= 15 is 0 Å². The number of alkyl halides is 2. The Labute approximate surface area is 122 Å². The average molecular weight is 309 g/mol. The van der Waals surface area contributed by atoms with Gasteiger partial charge < -0.3 is 19.5 Å². The molecule has 0 bridgehead atoms. The summed E-state index contributed by atoms with van der Waals surface area (Å²) in [7, 11) is 0. The number of rotatable bonds is 9.